The molecule has 5 nitrogen and oxygen atoms in total. The van der Waals surface area contributed by atoms with E-state index in [2.05, 4.69) is 26.0 Å². The van der Waals surface area contributed by atoms with Gasteiger partial charge in [0.25, 0.3) is 0 Å². The zero-order valence-corrected chi connectivity index (χ0v) is 13.3. The summed E-state index contributed by atoms with van der Waals surface area (Å²) in [5.74, 6) is 0.479. The third kappa shape index (κ3) is 3.28. The van der Waals surface area contributed by atoms with Crippen LogP contribution in [0.15, 0.2) is 21.5 Å². The number of benzene rings is 1. The summed E-state index contributed by atoms with van der Waals surface area (Å²) in [6.07, 6.45) is 0.740. The Kier molecular flexibility index (Phi) is 4.50. The highest BCUT2D eigenvalue weighted by Crippen LogP contribution is 2.35. The van der Waals surface area contributed by atoms with Gasteiger partial charge in [0, 0.05) is 29.0 Å². The fourth-order valence-electron chi connectivity index (χ4n) is 1.85. The number of fused-ring (bicyclic) bond motifs is 1. The molecule has 0 saturated carbocycles. The number of nitrogens with one attached hydrogen (secondary N) is 2. The fraction of sp³-hybridized carbons (Fsp3) is 0.500. The molecule has 0 amide bonds. The Hall–Kier alpha value is -0.630. The van der Waals surface area contributed by atoms with E-state index in [1.165, 1.54) is 0 Å². The van der Waals surface area contributed by atoms with Gasteiger partial charge >= 0.3 is 0 Å². The second-order valence-corrected chi connectivity index (χ2v) is 7.18. The number of rotatable bonds is 5. The van der Waals surface area contributed by atoms with Gasteiger partial charge in [0.15, 0.2) is 0 Å². The second kappa shape index (κ2) is 5.78. The maximum absolute atomic E-state index is 12.3. The zero-order valence-electron chi connectivity index (χ0n) is 10.9. The molecule has 0 radical (unpaired) electrons. The van der Waals surface area contributed by atoms with Crippen molar-refractivity contribution in [1.82, 2.24) is 10.0 Å². The van der Waals surface area contributed by atoms with Crippen LogP contribution in [0.1, 0.15) is 12.5 Å². The van der Waals surface area contributed by atoms with E-state index >= 15 is 0 Å². The lowest BCUT2D eigenvalue weighted by molar-refractivity contribution is 0.348. The van der Waals surface area contributed by atoms with Crippen molar-refractivity contribution >= 4 is 26.0 Å². The number of likely N-dealkylation sites (N-methyl/N-ethyl adjacent to an activating group) is 1. The summed E-state index contributed by atoms with van der Waals surface area (Å²) in [6, 6.07) is 3.55. The first-order valence-corrected chi connectivity index (χ1v) is 8.34. The van der Waals surface area contributed by atoms with E-state index in [1.54, 1.807) is 13.1 Å². The molecule has 7 heteroatoms. The van der Waals surface area contributed by atoms with Crippen LogP contribution in [0.5, 0.6) is 5.75 Å². The van der Waals surface area contributed by atoms with Crippen molar-refractivity contribution < 1.29 is 13.2 Å². The van der Waals surface area contributed by atoms with Crippen molar-refractivity contribution in [2.45, 2.75) is 24.3 Å². The van der Waals surface area contributed by atoms with E-state index in [0.29, 0.717) is 18.9 Å². The SMILES string of the molecule is CNC(C)CNS(=O)(=O)c1cc(Br)cc2c1OCC2. The summed E-state index contributed by atoms with van der Waals surface area (Å²) in [5.41, 5.74) is 0.927. The lowest BCUT2D eigenvalue weighted by atomic mass is 10.2. The molecule has 2 N–H and O–H groups in total. The minimum atomic E-state index is -3.56. The predicted octanol–water partition coefficient (Wildman–Crippen LogP) is 1.27. The molecule has 0 aliphatic carbocycles. The van der Waals surface area contributed by atoms with Gasteiger partial charge in [-0.05, 0) is 26.1 Å². The van der Waals surface area contributed by atoms with Gasteiger partial charge in [-0.1, -0.05) is 15.9 Å². The average Bonchev–Trinajstić information content (AvgIpc) is 2.82. The molecule has 0 bridgehead atoms. The highest BCUT2D eigenvalue weighted by atomic mass is 79.9. The molecule has 1 atom stereocenters. The number of hydrogen-bond acceptors (Lipinski definition) is 4. The van der Waals surface area contributed by atoms with Gasteiger partial charge in [-0.2, -0.15) is 0 Å². The monoisotopic (exact) mass is 348 g/mol. The molecule has 19 heavy (non-hydrogen) atoms. The molecular weight excluding hydrogens is 332 g/mol. The molecule has 0 spiro atoms. The Balaban J connectivity index is 2.31. The molecule has 2 rings (SSSR count). The van der Waals surface area contributed by atoms with Crippen LogP contribution in [0.3, 0.4) is 0 Å². The Labute approximate surface area is 121 Å². The van der Waals surface area contributed by atoms with E-state index < -0.39 is 10.0 Å². The van der Waals surface area contributed by atoms with Gasteiger partial charge in [0.05, 0.1) is 6.61 Å². The summed E-state index contributed by atoms with van der Waals surface area (Å²) < 4.78 is 33.4. The minimum absolute atomic E-state index is 0.0656. The quantitative estimate of drug-likeness (QED) is 0.840. The van der Waals surface area contributed by atoms with E-state index in [-0.39, 0.29) is 10.9 Å². The van der Waals surface area contributed by atoms with Crippen LogP contribution in [0.4, 0.5) is 0 Å². The van der Waals surface area contributed by atoms with Gasteiger partial charge in [-0.25, -0.2) is 13.1 Å². The maximum Gasteiger partial charge on any atom is 0.244 e. The summed E-state index contributed by atoms with van der Waals surface area (Å²) >= 11 is 3.34. The summed E-state index contributed by atoms with van der Waals surface area (Å²) in [6.45, 7) is 2.77. The Morgan fingerprint density at radius 1 is 1.47 bits per heavy atom. The molecule has 1 heterocycles. The van der Waals surface area contributed by atoms with Gasteiger partial charge < -0.3 is 10.1 Å². The first kappa shape index (κ1) is 14.8. The predicted molar refractivity (Wildman–Crippen MR) is 77.1 cm³/mol. The van der Waals surface area contributed by atoms with Crippen molar-refractivity contribution in [3.63, 3.8) is 0 Å². The van der Waals surface area contributed by atoms with E-state index in [0.717, 1.165) is 16.5 Å². The number of sulfonamides is 1. The Bertz CT molecular complexity index is 575. The average molecular weight is 349 g/mol. The van der Waals surface area contributed by atoms with Crippen molar-refractivity contribution in [3.05, 3.63) is 22.2 Å². The van der Waals surface area contributed by atoms with Crippen LogP contribution < -0.4 is 14.8 Å². The zero-order chi connectivity index (χ0) is 14.0. The molecule has 106 valence electrons. The largest absolute Gasteiger partial charge is 0.492 e. The highest BCUT2D eigenvalue weighted by molar-refractivity contribution is 9.10. The standard InChI is InChI=1S/C12H17BrN2O3S/c1-8(14-2)7-15-19(16,17)11-6-10(13)5-9-3-4-18-12(9)11/h5-6,8,14-15H,3-4,7H2,1-2H3. The van der Waals surface area contributed by atoms with Crippen molar-refractivity contribution in [3.8, 4) is 5.75 Å². The lowest BCUT2D eigenvalue weighted by Crippen LogP contribution is -2.37. The van der Waals surface area contributed by atoms with Crippen LogP contribution >= 0.6 is 15.9 Å². The van der Waals surface area contributed by atoms with Gasteiger partial charge in [0.2, 0.25) is 10.0 Å². The highest BCUT2D eigenvalue weighted by Gasteiger charge is 2.26. The molecule has 1 unspecified atom stereocenters. The fourth-order valence-corrected chi connectivity index (χ4v) is 3.85. The van der Waals surface area contributed by atoms with Crippen LogP contribution in [0.25, 0.3) is 0 Å². The van der Waals surface area contributed by atoms with Crippen molar-refractivity contribution in [1.29, 1.82) is 0 Å². The van der Waals surface area contributed by atoms with Crippen LogP contribution in [0, 0.1) is 0 Å². The first-order valence-electron chi connectivity index (χ1n) is 6.06. The lowest BCUT2D eigenvalue weighted by Gasteiger charge is -2.14. The Morgan fingerprint density at radius 3 is 2.89 bits per heavy atom. The van der Waals surface area contributed by atoms with E-state index in [9.17, 15) is 8.42 Å². The summed E-state index contributed by atoms with van der Waals surface area (Å²) in [7, 11) is -1.77. The van der Waals surface area contributed by atoms with Crippen molar-refractivity contribution in [2.24, 2.45) is 0 Å². The number of halogens is 1. The smallest absolute Gasteiger partial charge is 0.244 e. The second-order valence-electron chi connectivity index (χ2n) is 4.53. The minimum Gasteiger partial charge on any atom is -0.492 e. The van der Waals surface area contributed by atoms with Crippen molar-refractivity contribution in [2.75, 3.05) is 20.2 Å². The normalized spacial score (nSPS) is 15.9. The summed E-state index contributed by atoms with van der Waals surface area (Å²) in [4.78, 5) is 0.206. The molecule has 0 saturated heterocycles. The van der Waals surface area contributed by atoms with Crippen LogP contribution in [0.2, 0.25) is 0 Å². The van der Waals surface area contributed by atoms with Gasteiger partial charge in [0.1, 0.15) is 10.6 Å². The summed E-state index contributed by atoms with van der Waals surface area (Å²) in [5, 5.41) is 2.99. The van der Waals surface area contributed by atoms with Gasteiger partial charge in [-0.3, -0.25) is 0 Å². The molecule has 1 aromatic rings. The van der Waals surface area contributed by atoms with Crippen LogP contribution in [-0.4, -0.2) is 34.7 Å². The third-order valence-electron chi connectivity index (χ3n) is 3.08. The Morgan fingerprint density at radius 2 is 2.21 bits per heavy atom. The number of ether oxygens (including phenoxy) is 1. The van der Waals surface area contributed by atoms with E-state index in [1.807, 2.05) is 13.0 Å². The molecule has 1 aromatic carbocycles. The van der Waals surface area contributed by atoms with Crippen LogP contribution in [-0.2, 0) is 16.4 Å². The molecular formula is C12H17BrN2O3S. The molecule has 0 aromatic heterocycles. The first-order chi connectivity index (χ1) is 8.94. The number of hydrogen-bond donors (Lipinski definition) is 2. The van der Waals surface area contributed by atoms with E-state index in [4.69, 9.17) is 4.74 Å². The third-order valence-corrected chi connectivity index (χ3v) is 4.96. The topological polar surface area (TPSA) is 67.4 Å². The molecule has 1 aliphatic rings. The molecule has 1 aliphatic heterocycles. The maximum atomic E-state index is 12.3. The molecule has 0 fully saturated rings. The van der Waals surface area contributed by atoms with Gasteiger partial charge in [-0.15, -0.1) is 0 Å².